The van der Waals surface area contributed by atoms with Crippen LogP contribution in [0.3, 0.4) is 0 Å². The van der Waals surface area contributed by atoms with Crippen LogP contribution in [0.1, 0.15) is 44.9 Å². The topological polar surface area (TPSA) is 41.1 Å². The Morgan fingerprint density at radius 1 is 1.19 bits per heavy atom. The third-order valence-electron chi connectivity index (χ3n) is 4.12. The summed E-state index contributed by atoms with van der Waals surface area (Å²) >= 11 is 0. The van der Waals surface area contributed by atoms with Gasteiger partial charge in [-0.05, 0) is 32.7 Å². The van der Waals surface area contributed by atoms with E-state index in [9.17, 15) is 4.79 Å². The molecule has 0 aromatic heterocycles. The highest BCUT2D eigenvalue weighted by Gasteiger charge is 2.42. The fourth-order valence-electron chi connectivity index (χ4n) is 2.75. The molecule has 0 aliphatic heterocycles. The van der Waals surface area contributed by atoms with E-state index in [2.05, 4.69) is 10.6 Å². The van der Waals surface area contributed by atoms with Gasteiger partial charge in [0, 0.05) is 24.4 Å². The van der Waals surface area contributed by atoms with E-state index < -0.39 is 0 Å². The van der Waals surface area contributed by atoms with Crippen LogP contribution in [-0.4, -0.2) is 26.0 Å². The summed E-state index contributed by atoms with van der Waals surface area (Å²) in [6.45, 7) is 1.92. The molecule has 0 spiro atoms. The molecule has 2 rings (SSSR count). The summed E-state index contributed by atoms with van der Waals surface area (Å²) in [5.74, 6) is 0.612. The summed E-state index contributed by atoms with van der Waals surface area (Å²) in [6, 6.07) is 0. The minimum Gasteiger partial charge on any atom is -0.355 e. The van der Waals surface area contributed by atoms with Gasteiger partial charge in [-0.25, -0.2) is 0 Å². The molecule has 3 heteroatoms. The average Bonchev–Trinajstić information content (AvgIpc) is 3.08. The Bertz CT molecular complexity index is 242. The number of hydrogen-bond acceptors (Lipinski definition) is 2. The molecule has 3 nitrogen and oxygen atoms in total. The number of amides is 1. The molecule has 0 aromatic rings. The van der Waals surface area contributed by atoms with E-state index in [4.69, 9.17) is 0 Å². The average molecular weight is 224 g/mol. The monoisotopic (exact) mass is 224 g/mol. The molecular formula is C13H24N2O. The lowest BCUT2D eigenvalue weighted by molar-refractivity contribution is -0.126. The van der Waals surface area contributed by atoms with Gasteiger partial charge in [-0.1, -0.05) is 19.3 Å². The van der Waals surface area contributed by atoms with Crippen molar-refractivity contribution >= 4 is 5.91 Å². The fourth-order valence-corrected chi connectivity index (χ4v) is 2.75. The minimum atomic E-state index is 0.305. The number of hydrogen-bond donors (Lipinski definition) is 2. The quantitative estimate of drug-likeness (QED) is 0.746. The van der Waals surface area contributed by atoms with Crippen LogP contribution in [0.25, 0.3) is 0 Å². The first kappa shape index (κ1) is 11.9. The summed E-state index contributed by atoms with van der Waals surface area (Å²) in [6.07, 6.45) is 8.51. The van der Waals surface area contributed by atoms with Gasteiger partial charge in [0.15, 0.2) is 0 Å². The van der Waals surface area contributed by atoms with Crippen LogP contribution in [0.2, 0.25) is 0 Å². The van der Waals surface area contributed by atoms with E-state index in [-0.39, 0.29) is 0 Å². The molecule has 2 N–H and O–H groups in total. The summed E-state index contributed by atoms with van der Waals surface area (Å²) in [4.78, 5) is 11.9. The van der Waals surface area contributed by atoms with Crippen molar-refractivity contribution in [3.05, 3.63) is 0 Å². The van der Waals surface area contributed by atoms with E-state index in [1.807, 2.05) is 7.05 Å². The molecule has 2 aliphatic carbocycles. The molecule has 2 saturated carbocycles. The number of carbonyl (C=O) groups excluding carboxylic acids is 1. The Balaban J connectivity index is 1.70. The number of rotatable bonds is 5. The van der Waals surface area contributed by atoms with Crippen LogP contribution in [0.4, 0.5) is 0 Å². The van der Waals surface area contributed by atoms with E-state index in [0.29, 0.717) is 17.2 Å². The molecule has 2 fully saturated rings. The molecule has 1 amide bonds. The van der Waals surface area contributed by atoms with Gasteiger partial charge >= 0.3 is 0 Å². The van der Waals surface area contributed by atoms with E-state index in [0.717, 1.165) is 25.9 Å². The van der Waals surface area contributed by atoms with Crippen LogP contribution in [-0.2, 0) is 4.79 Å². The van der Waals surface area contributed by atoms with Crippen molar-refractivity contribution in [2.45, 2.75) is 44.9 Å². The zero-order valence-electron chi connectivity index (χ0n) is 10.3. The Hall–Kier alpha value is -0.570. The second-order valence-electron chi connectivity index (χ2n) is 5.58. The van der Waals surface area contributed by atoms with Gasteiger partial charge in [-0.2, -0.15) is 0 Å². The standard InChI is InChI=1S/C13H24N2O/c1-14-9-13(7-8-13)10-15-12(16)11-5-3-2-4-6-11/h11,14H,2-10H2,1H3,(H,15,16). The van der Waals surface area contributed by atoms with Crippen LogP contribution in [0.15, 0.2) is 0 Å². The van der Waals surface area contributed by atoms with E-state index >= 15 is 0 Å². The molecule has 0 atom stereocenters. The lowest BCUT2D eigenvalue weighted by atomic mass is 9.88. The second-order valence-corrected chi connectivity index (χ2v) is 5.58. The Kier molecular flexibility index (Phi) is 3.85. The molecule has 92 valence electrons. The maximum absolute atomic E-state index is 11.9. The lowest BCUT2D eigenvalue weighted by Crippen LogP contribution is -2.38. The molecular weight excluding hydrogens is 200 g/mol. The minimum absolute atomic E-state index is 0.305. The Morgan fingerprint density at radius 3 is 2.44 bits per heavy atom. The Morgan fingerprint density at radius 2 is 1.88 bits per heavy atom. The third-order valence-corrected chi connectivity index (χ3v) is 4.12. The fraction of sp³-hybridized carbons (Fsp3) is 0.923. The van der Waals surface area contributed by atoms with Crippen molar-refractivity contribution in [1.29, 1.82) is 0 Å². The normalized spacial score (nSPS) is 24.1. The van der Waals surface area contributed by atoms with Crippen molar-refractivity contribution in [1.82, 2.24) is 10.6 Å². The van der Waals surface area contributed by atoms with Crippen molar-refractivity contribution in [3.63, 3.8) is 0 Å². The van der Waals surface area contributed by atoms with Crippen molar-refractivity contribution in [3.8, 4) is 0 Å². The highest BCUT2D eigenvalue weighted by Crippen LogP contribution is 2.44. The SMILES string of the molecule is CNCC1(CNC(=O)C2CCCCC2)CC1. The van der Waals surface area contributed by atoms with Gasteiger partial charge in [0.1, 0.15) is 0 Å². The second kappa shape index (κ2) is 5.17. The summed E-state index contributed by atoms with van der Waals surface area (Å²) in [5, 5.41) is 6.38. The summed E-state index contributed by atoms with van der Waals surface area (Å²) in [5.41, 5.74) is 0.388. The van der Waals surface area contributed by atoms with E-state index in [1.165, 1.54) is 32.1 Å². The highest BCUT2D eigenvalue weighted by atomic mass is 16.1. The Labute approximate surface area is 98.4 Å². The van der Waals surface area contributed by atoms with Gasteiger partial charge in [-0.15, -0.1) is 0 Å². The molecule has 0 aromatic carbocycles. The van der Waals surface area contributed by atoms with Gasteiger partial charge in [-0.3, -0.25) is 4.79 Å². The number of nitrogens with one attached hydrogen (secondary N) is 2. The third kappa shape index (κ3) is 2.97. The van der Waals surface area contributed by atoms with Crippen LogP contribution < -0.4 is 10.6 Å². The molecule has 0 radical (unpaired) electrons. The van der Waals surface area contributed by atoms with Gasteiger partial charge in [0.05, 0.1) is 0 Å². The molecule has 16 heavy (non-hydrogen) atoms. The van der Waals surface area contributed by atoms with Gasteiger partial charge < -0.3 is 10.6 Å². The van der Waals surface area contributed by atoms with Crippen molar-refractivity contribution in [2.24, 2.45) is 11.3 Å². The largest absolute Gasteiger partial charge is 0.355 e. The maximum atomic E-state index is 11.9. The lowest BCUT2D eigenvalue weighted by Gasteiger charge is -2.22. The molecule has 0 unspecified atom stereocenters. The first-order valence-corrected chi connectivity index (χ1v) is 6.68. The zero-order valence-corrected chi connectivity index (χ0v) is 10.3. The predicted octanol–water partition coefficient (Wildman–Crippen LogP) is 1.68. The molecule has 0 heterocycles. The van der Waals surface area contributed by atoms with Crippen molar-refractivity contribution in [2.75, 3.05) is 20.1 Å². The van der Waals surface area contributed by atoms with Gasteiger partial charge in [0.2, 0.25) is 5.91 Å². The maximum Gasteiger partial charge on any atom is 0.223 e. The predicted molar refractivity (Wildman–Crippen MR) is 65.2 cm³/mol. The summed E-state index contributed by atoms with van der Waals surface area (Å²) in [7, 11) is 1.99. The first-order valence-electron chi connectivity index (χ1n) is 6.68. The molecule has 0 bridgehead atoms. The summed E-state index contributed by atoms with van der Waals surface area (Å²) < 4.78 is 0. The zero-order chi connectivity index (χ0) is 11.4. The molecule has 2 aliphatic rings. The number of carbonyl (C=O) groups is 1. The van der Waals surface area contributed by atoms with Crippen molar-refractivity contribution < 1.29 is 4.79 Å². The molecule has 0 saturated heterocycles. The van der Waals surface area contributed by atoms with E-state index in [1.54, 1.807) is 0 Å². The highest BCUT2D eigenvalue weighted by molar-refractivity contribution is 5.78. The van der Waals surface area contributed by atoms with Crippen LogP contribution in [0, 0.1) is 11.3 Å². The van der Waals surface area contributed by atoms with Gasteiger partial charge in [0.25, 0.3) is 0 Å². The van der Waals surface area contributed by atoms with Crippen LogP contribution >= 0.6 is 0 Å². The van der Waals surface area contributed by atoms with Crippen LogP contribution in [0.5, 0.6) is 0 Å². The smallest absolute Gasteiger partial charge is 0.223 e. The first-order chi connectivity index (χ1) is 7.76.